The first-order chi connectivity index (χ1) is 6.50. The summed E-state index contributed by atoms with van der Waals surface area (Å²) < 4.78 is 0.726. The van der Waals surface area contributed by atoms with Crippen molar-refractivity contribution in [2.24, 2.45) is 0 Å². The molecule has 0 spiro atoms. The fourth-order valence-corrected chi connectivity index (χ4v) is 1.87. The molecular formula is C9H7BrCl2O2. The predicted molar refractivity (Wildman–Crippen MR) is 60.1 cm³/mol. The molecule has 1 N–H and O–H groups in total. The van der Waals surface area contributed by atoms with Crippen molar-refractivity contribution in [3.63, 3.8) is 0 Å². The molecule has 0 aliphatic carbocycles. The average molecular weight is 298 g/mol. The summed E-state index contributed by atoms with van der Waals surface area (Å²) in [5, 5.41) is 9.53. The summed E-state index contributed by atoms with van der Waals surface area (Å²) in [5.74, 6) is -0.841. The van der Waals surface area contributed by atoms with Gasteiger partial charge in [-0.3, -0.25) is 4.79 Å². The molecule has 0 aromatic heterocycles. The molecule has 0 unspecified atom stereocenters. The third kappa shape index (κ3) is 3.15. The number of carbonyl (C=O) groups is 1. The number of carboxylic acids is 1. The van der Waals surface area contributed by atoms with E-state index in [2.05, 4.69) is 15.9 Å². The second-order valence-corrected chi connectivity index (χ2v) is 4.42. The number of aryl methyl sites for hydroxylation is 1. The molecule has 0 radical (unpaired) electrons. The highest BCUT2D eigenvalue weighted by atomic mass is 79.9. The number of hydrogen-bond acceptors (Lipinski definition) is 1. The van der Waals surface area contributed by atoms with Gasteiger partial charge in [-0.15, -0.1) is 0 Å². The van der Waals surface area contributed by atoms with E-state index < -0.39 is 5.97 Å². The standard InChI is InChI=1S/C9H7BrCl2O2/c10-6-3-5(1-2-9(13)14)7(11)4-8(6)12/h3-4H,1-2H2,(H,13,14). The minimum Gasteiger partial charge on any atom is -0.481 e. The highest BCUT2D eigenvalue weighted by molar-refractivity contribution is 9.10. The second kappa shape index (κ2) is 5.01. The lowest BCUT2D eigenvalue weighted by atomic mass is 10.1. The molecule has 5 heteroatoms. The summed E-state index contributed by atoms with van der Waals surface area (Å²) in [7, 11) is 0. The molecule has 0 saturated carbocycles. The Morgan fingerprint density at radius 2 is 2.00 bits per heavy atom. The van der Waals surface area contributed by atoms with Gasteiger partial charge in [0.05, 0.1) is 5.02 Å². The predicted octanol–water partition coefficient (Wildman–Crippen LogP) is 3.77. The maximum Gasteiger partial charge on any atom is 0.303 e. The molecular weight excluding hydrogens is 291 g/mol. The molecule has 14 heavy (non-hydrogen) atoms. The molecule has 0 amide bonds. The van der Waals surface area contributed by atoms with Crippen LogP contribution >= 0.6 is 39.1 Å². The fourth-order valence-electron chi connectivity index (χ4n) is 0.997. The van der Waals surface area contributed by atoms with Crippen molar-refractivity contribution in [2.75, 3.05) is 0 Å². The number of aliphatic carboxylic acids is 1. The Hall–Kier alpha value is -0.250. The third-order valence-corrected chi connectivity index (χ3v) is 3.25. The van der Waals surface area contributed by atoms with Crippen LogP contribution in [0.2, 0.25) is 10.0 Å². The zero-order chi connectivity index (χ0) is 10.7. The molecule has 2 nitrogen and oxygen atoms in total. The maximum absolute atomic E-state index is 10.4. The number of carboxylic acid groups (broad SMARTS) is 1. The molecule has 0 bridgehead atoms. The van der Waals surface area contributed by atoms with E-state index in [1.54, 1.807) is 12.1 Å². The molecule has 0 fully saturated rings. The SMILES string of the molecule is O=C(O)CCc1cc(Br)c(Cl)cc1Cl. The van der Waals surface area contributed by atoms with Crippen molar-refractivity contribution in [2.45, 2.75) is 12.8 Å². The van der Waals surface area contributed by atoms with E-state index in [9.17, 15) is 4.79 Å². The van der Waals surface area contributed by atoms with Crippen LogP contribution in [-0.4, -0.2) is 11.1 Å². The summed E-state index contributed by atoms with van der Waals surface area (Å²) in [6.45, 7) is 0. The average Bonchev–Trinajstić information content (AvgIpc) is 2.09. The van der Waals surface area contributed by atoms with E-state index in [1.165, 1.54) is 0 Å². The highest BCUT2D eigenvalue weighted by Crippen LogP contribution is 2.29. The molecule has 0 aliphatic rings. The van der Waals surface area contributed by atoms with E-state index in [0.717, 1.165) is 10.0 Å². The van der Waals surface area contributed by atoms with Crippen molar-refractivity contribution >= 4 is 45.1 Å². The largest absolute Gasteiger partial charge is 0.481 e. The van der Waals surface area contributed by atoms with Gasteiger partial charge in [0.1, 0.15) is 0 Å². The van der Waals surface area contributed by atoms with Crippen LogP contribution in [0.25, 0.3) is 0 Å². The number of rotatable bonds is 3. The Morgan fingerprint density at radius 1 is 1.36 bits per heavy atom. The van der Waals surface area contributed by atoms with Crippen LogP contribution in [0.4, 0.5) is 0 Å². The van der Waals surface area contributed by atoms with Crippen LogP contribution in [0.15, 0.2) is 16.6 Å². The Bertz CT molecular complexity index is 366. The summed E-state index contributed by atoms with van der Waals surface area (Å²) in [5.41, 5.74) is 0.783. The van der Waals surface area contributed by atoms with Crippen molar-refractivity contribution in [1.82, 2.24) is 0 Å². The van der Waals surface area contributed by atoms with Crippen LogP contribution in [0, 0.1) is 0 Å². The lowest BCUT2D eigenvalue weighted by Gasteiger charge is -2.04. The smallest absolute Gasteiger partial charge is 0.303 e. The summed E-state index contributed by atoms with van der Waals surface area (Å²) >= 11 is 14.9. The van der Waals surface area contributed by atoms with Gasteiger partial charge in [-0.05, 0) is 40.0 Å². The van der Waals surface area contributed by atoms with Crippen LogP contribution in [0.3, 0.4) is 0 Å². The zero-order valence-corrected chi connectivity index (χ0v) is 10.2. The minimum absolute atomic E-state index is 0.0633. The van der Waals surface area contributed by atoms with Crippen LogP contribution < -0.4 is 0 Å². The lowest BCUT2D eigenvalue weighted by molar-refractivity contribution is -0.136. The first kappa shape index (κ1) is 11.8. The third-order valence-electron chi connectivity index (χ3n) is 1.70. The van der Waals surface area contributed by atoms with Crippen molar-refractivity contribution in [3.05, 3.63) is 32.2 Å². The molecule has 0 atom stereocenters. The Labute approximate surface area is 100.0 Å². The van der Waals surface area contributed by atoms with Gasteiger partial charge in [-0.2, -0.15) is 0 Å². The molecule has 76 valence electrons. The quantitative estimate of drug-likeness (QED) is 0.862. The van der Waals surface area contributed by atoms with Crippen LogP contribution in [0.5, 0.6) is 0 Å². The van der Waals surface area contributed by atoms with Gasteiger partial charge in [0, 0.05) is 15.9 Å². The van der Waals surface area contributed by atoms with E-state index in [-0.39, 0.29) is 6.42 Å². The van der Waals surface area contributed by atoms with Gasteiger partial charge in [0.15, 0.2) is 0 Å². The van der Waals surface area contributed by atoms with E-state index in [4.69, 9.17) is 28.3 Å². The number of benzene rings is 1. The number of halogens is 3. The topological polar surface area (TPSA) is 37.3 Å². The lowest BCUT2D eigenvalue weighted by Crippen LogP contribution is -1.98. The fraction of sp³-hybridized carbons (Fsp3) is 0.222. The maximum atomic E-state index is 10.4. The molecule has 1 rings (SSSR count). The second-order valence-electron chi connectivity index (χ2n) is 2.75. The van der Waals surface area contributed by atoms with Crippen molar-refractivity contribution < 1.29 is 9.90 Å². The summed E-state index contributed by atoms with van der Waals surface area (Å²) in [6.07, 6.45) is 0.470. The normalized spacial score (nSPS) is 10.2. The zero-order valence-electron chi connectivity index (χ0n) is 7.06. The number of hydrogen-bond donors (Lipinski definition) is 1. The van der Waals surface area contributed by atoms with Crippen molar-refractivity contribution in [1.29, 1.82) is 0 Å². The molecule has 1 aromatic carbocycles. The van der Waals surface area contributed by atoms with Gasteiger partial charge < -0.3 is 5.11 Å². The molecule has 0 aliphatic heterocycles. The summed E-state index contributed by atoms with van der Waals surface area (Å²) in [6, 6.07) is 3.35. The van der Waals surface area contributed by atoms with Crippen LogP contribution in [0.1, 0.15) is 12.0 Å². The summed E-state index contributed by atoms with van der Waals surface area (Å²) in [4.78, 5) is 10.4. The highest BCUT2D eigenvalue weighted by Gasteiger charge is 2.07. The molecule has 0 saturated heterocycles. The first-order valence-corrected chi connectivity index (χ1v) is 5.41. The Morgan fingerprint density at radius 3 is 2.57 bits per heavy atom. The van der Waals surface area contributed by atoms with E-state index in [1.807, 2.05) is 0 Å². The van der Waals surface area contributed by atoms with Gasteiger partial charge in [-0.1, -0.05) is 23.2 Å². The van der Waals surface area contributed by atoms with Crippen molar-refractivity contribution in [3.8, 4) is 0 Å². The van der Waals surface area contributed by atoms with E-state index >= 15 is 0 Å². The van der Waals surface area contributed by atoms with Gasteiger partial charge in [0.25, 0.3) is 0 Å². The van der Waals surface area contributed by atoms with Gasteiger partial charge in [-0.25, -0.2) is 0 Å². The molecule has 0 heterocycles. The van der Waals surface area contributed by atoms with Gasteiger partial charge >= 0.3 is 5.97 Å². The first-order valence-electron chi connectivity index (χ1n) is 3.86. The molecule has 1 aromatic rings. The monoisotopic (exact) mass is 296 g/mol. The van der Waals surface area contributed by atoms with Gasteiger partial charge in [0.2, 0.25) is 0 Å². The van der Waals surface area contributed by atoms with Crippen LogP contribution in [-0.2, 0) is 11.2 Å². The Kier molecular flexibility index (Phi) is 4.23. The Balaban J connectivity index is 2.87. The van der Waals surface area contributed by atoms with E-state index in [0.29, 0.717) is 16.5 Å². The minimum atomic E-state index is -0.841.